The fourth-order valence-corrected chi connectivity index (χ4v) is 2.84. The molecule has 0 spiro atoms. The molecule has 5 N–H and O–H groups in total. The van der Waals surface area contributed by atoms with Gasteiger partial charge in [0.05, 0.1) is 0 Å². The molecule has 0 bridgehead atoms. The van der Waals surface area contributed by atoms with E-state index in [2.05, 4.69) is 32.2 Å². The SMILES string of the molecule is CCC1(c2nc3nc(N)[nH]c(=O)c3[nH]2)CCNCC1. The molecular weight excluding hydrogens is 244 g/mol. The van der Waals surface area contributed by atoms with E-state index in [4.69, 9.17) is 5.73 Å². The highest BCUT2D eigenvalue weighted by Crippen LogP contribution is 2.35. The number of fused-ring (bicyclic) bond motifs is 1. The summed E-state index contributed by atoms with van der Waals surface area (Å²) in [5.41, 5.74) is 6.11. The van der Waals surface area contributed by atoms with Crippen LogP contribution in [0.3, 0.4) is 0 Å². The summed E-state index contributed by atoms with van der Waals surface area (Å²) in [5, 5.41) is 3.35. The second-order valence-corrected chi connectivity index (χ2v) is 5.12. The van der Waals surface area contributed by atoms with E-state index in [1.807, 2.05) is 0 Å². The molecule has 0 aliphatic carbocycles. The fraction of sp³-hybridized carbons (Fsp3) is 0.583. The van der Waals surface area contributed by atoms with Crippen molar-refractivity contribution in [2.24, 2.45) is 0 Å². The Hall–Kier alpha value is -1.89. The zero-order valence-corrected chi connectivity index (χ0v) is 10.9. The van der Waals surface area contributed by atoms with E-state index in [0.717, 1.165) is 38.2 Å². The summed E-state index contributed by atoms with van der Waals surface area (Å²) in [5.74, 6) is 0.960. The molecule has 3 rings (SSSR count). The lowest BCUT2D eigenvalue weighted by Gasteiger charge is -2.34. The summed E-state index contributed by atoms with van der Waals surface area (Å²) in [6, 6.07) is 0. The summed E-state index contributed by atoms with van der Waals surface area (Å²) >= 11 is 0. The third-order valence-electron chi connectivity index (χ3n) is 4.12. The van der Waals surface area contributed by atoms with Crippen LogP contribution in [-0.4, -0.2) is 33.0 Å². The number of hydrogen-bond donors (Lipinski definition) is 4. The molecule has 1 aliphatic rings. The third-order valence-corrected chi connectivity index (χ3v) is 4.12. The predicted molar refractivity (Wildman–Crippen MR) is 73.0 cm³/mol. The van der Waals surface area contributed by atoms with Crippen molar-refractivity contribution in [3.05, 3.63) is 16.2 Å². The lowest BCUT2D eigenvalue weighted by Crippen LogP contribution is -2.40. The van der Waals surface area contributed by atoms with Crippen LogP contribution < -0.4 is 16.6 Å². The first-order valence-corrected chi connectivity index (χ1v) is 6.61. The summed E-state index contributed by atoms with van der Waals surface area (Å²) in [6.07, 6.45) is 3.01. The van der Waals surface area contributed by atoms with Crippen molar-refractivity contribution in [1.29, 1.82) is 0 Å². The van der Waals surface area contributed by atoms with E-state index in [0.29, 0.717) is 11.2 Å². The minimum Gasteiger partial charge on any atom is -0.369 e. The molecular formula is C12H18N6O. The Morgan fingerprint density at radius 3 is 2.68 bits per heavy atom. The molecule has 0 saturated carbocycles. The number of rotatable bonds is 2. The fourth-order valence-electron chi connectivity index (χ4n) is 2.84. The Morgan fingerprint density at radius 1 is 1.26 bits per heavy atom. The Kier molecular flexibility index (Phi) is 2.78. The minimum atomic E-state index is -0.263. The van der Waals surface area contributed by atoms with Crippen molar-refractivity contribution in [3.63, 3.8) is 0 Å². The van der Waals surface area contributed by atoms with Crippen molar-refractivity contribution in [2.45, 2.75) is 31.6 Å². The van der Waals surface area contributed by atoms with Crippen LogP contribution in [0.25, 0.3) is 11.2 Å². The van der Waals surface area contributed by atoms with Gasteiger partial charge in [0.15, 0.2) is 11.2 Å². The van der Waals surface area contributed by atoms with Crippen LogP contribution in [0.5, 0.6) is 0 Å². The predicted octanol–water partition coefficient (Wildman–Crippen LogP) is 0.260. The number of piperidine rings is 1. The van der Waals surface area contributed by atoms with Crippen molar-refractivity contribution < 1.29 is 0 Å². The van der Waals surface area contributed by atoms with Gasteiger partial charge in [-0.1, -0.05) is 6.92 Å². The summed E-state index contributed by atoms with van der Waals surface area (Å²) in [4.78, 5) is 26.1. The van der Waals surface area contributed by atoms with Gasteiger partial charge in [0.2, 0.25) is 5.95 Å². The second kappa shape index (κ2) is 4.34. The Balaban J connectivity index is 2.14. The molecule has 1 aliphatic heterocycles. The number of aromatic amines is 2. The van der Waals surface area contributed by atoms with Gasteiger partial charge in [-0.05, 0) is 32.4 Å². The highest BCUT2D eigenvalue weighted by molar-refractivity contribution is 5.70. The van der Waals surface area contributed by atoms with Gasteiger partial charge in [-0.2, -0.15) is 4.98 Å². The maximum absolute atomic E-state index is 11.8. The molecule has 0 unspecified atom stereocenters. The molecule has 7 nitrogen and oxygen atoms in total. The number of nitrogen functional groups attached to an aromatic ring is 1. The molecule has 0 radical (unpaired) electrons. The summed E-state index contributed by atoms with van der Waals surface area (Å²) in [6.45, 7) is 4.10. The molecule has 1 fully saturated rings. The Labute approximate surface area is 110 Å². The minimum absolute atomic E-state index is 0.00710. The zero-order chi connectivity index (χ0) is 13.5. The van der Waals surface area contributed by atoms with Gasteiger partial charge in [0.1, 0.15) is 5.82 Å². The number of imidazole rings is 1. The highest BCUT2D eigenvalue weighted by Gasteiger charge is 2.35. The number of hydrogen-bond acceptors (Lipinski definition) is 5. The van der Waals surface area contributed by atoms with Crippen molar-refractivity contribution in [1.82, 2.24) is 25.3 Å². The Morgan fingerprint density at radius 2 is 2.00 bits per heavy atom. The van der Waals surface area contributed by atoms with Crippen LogP contribution in [0.2, 0.25) is 0 Å². The van der Waals surface area contributed by atoms with Crippen molar-refractivity contribution in [2.75, 3.05) is 18.8 Å². The first-order chi connectivity index (χ1) is 9.14. The van der Waals surface area contributed by atoms with Crippen molar-refractivity contribution >= 4 is 17.1 Å². The third kappa shape index (κ3) is 1.90. The monoisotopic (exact) mass is 262 g/mol. The van der Waals surface area contributed by atoms with E-state index in [-0.39, 0.29) is 16.9 Å². The maximum Gasteiger partial charge on any atom is 0.278 e. The van der Waals surface area contributed by atoms with E-state index >= 15 is 0 Å². The molecule has 0 amide bonds. The first kappa shape index (κ1) is 12.2. The van der Waals surface area contributed by atoms with Crippen LogP contribution in [0, 0.1) is 0 Å². The number of nitrogens with two attached hydrogens (primary N) is 1. The van der Waals surface area contributed by atoms with Gasteiger partial charge in [0.25, 0.3) is 5.56 Å². The number of nitrogens with one attached hydrogen (secondary N) is 3. The van der Waals surface area contributed by atoms with E-state index < -0.39 is 0 Å². The van der Waals surface area contributed by atoms with Gasteiger partial charge in [0, 0.05) is 5.41 Å². The highest BCUT2D eigenvalue weighted by atomic mass is 16.1. The molecule has 19 heavy (non-hydrogen) atoms. The molecule has 0 aromatic carbocycles. The standard InChI is InChI=1S/C12H18N6O/c1-2-12(3-5-14-6-4-12)10-15-7-8(16-10)17-11(13)18-9(7)19/h14H,2-6H2,1H3,(H4,13,15,16,17,18,19). The number of aromatic nitrogens is 4. The lowest BCUT2D eigenvalue weighted by molar-refractivity contribution is 0.285. The van der Waals surface area contributed by atoms with Crippen LogP contribution in [0.4, 0.5) is 5.95 Å². The second-order valence-electron chi connectivity index (χ2n) is 5.12. The summed E-state index contributed by atoms with van der Waals surface area (Å²) in [7, 11) is 0. The molecule has 102 valence electrons. The average Bonchev–Trinajstić information content (AvgIpc) is 2.84. The van der Waals surface area contributed by atoms with Gasteiger partial charge in [-0.3, -0.25) is 9.78 Å². The van der Waals surface area contributed by atoms with Crippen LogP contribution in [0.1, 0.15) is 32.0 Å². The van der Waals surface area contributed by atoms with Gasteiger partial charge >= 0.3 is 0 Å². The molecule has 3 heterocycles. The maximum atomic E-state index is 11.8. The first-order valence-electron chi connectivity index (χ1n) is 6.61. The van der Waals surface area contributed by atoms with Gasteiger partial charge < -0.3 is 16.0 Å². The van der Waals surface area contributed by atoms with E-state index in [1.165, 1.54) is 0 Å². The van der Waals surface area contributed by atoms with Gasteiger partial charge in [-0.15, -0.1) is 0 Å². The molecule has 1 saturated heterocycles. The van der Waals surface area contributed by atoms with Crippen LogP contribution >= 0.6 is 0 Å². The summed E-state index contributed by atoms with van der Waals surface area (Å²) < 4.78 is 0. The molecule has 2 aromatic heterocycles. The topological polar surface area (TPSA) is 112 Å². The van der Waals surface area contributed by atoms with E-state index in [1.54, 1.807) is 0 Å². The molecule has 7 heteroatoms. The quantitative estimate of drug-likeness (QED) is 0.620. The normalized spacial score (nSPS) is 18.8. The van der Waals surface area contributed by atoms with Crippen LogP contribution in [-0.2, 0) is 5.41 Å². The van der Waals surface area contributed by atoms with E-state index in [9.17, 15) is 4.79 Å². The van der Waals surface area contributed by atoms with Gasteiger partial charge in [-0.25, -0.2) is 4.98 Å². The molecule has 0 atom stereocenters. The largest absolute Gasteiger partial charge is 0.369 e. The van der Waals surface area contributed by atoms with Crippen molar-refractivity contribution in [3.8, 4) is 0 Å². The van der Waals surface area contributed by atoms with Crippen LogP contribution in [0.15, 0.2) is 4.79 Å². The number of H-pyrrole nitrogens is 2. The number of nitrogens with zero attached hydrogens (tertiary/aromatic N) is 2. The molecule has 2 aromatic rings. The average molecular weight is 262 g/mol. The number of anilines is 1. The zero-order valence-electron chi connectivity index (χ0n) is 10.9. The smallest absolute Gasteiger partial charge is 0.278 e. The lowest BCUT2D eigenvalue weighted by atomic mass is 9.76. The Bertz CT molecular complexity index is 652.